The summed E-state index contributed by atoms with van der Waals surface area (Å²) in [6.07, 6.45) is -1.27. The number of aliphatic hydroxyl groups excluding tert-OH is 1. The number of esters is 1. The second kappa shape index (κ2) is 8.79. The average molecular weight is 479 g/mol. The van der Waals surface area contributed by atoms with Gasteiger partial charge in [0.1, 0.15) is 12.4 Å². The van der Waals surface area contributed by atoms with Crippen LogP contribution in [0.5, 0.6) is 5.75 Å². The number of amides is 1. The number of aliphatic hydroxyl groups is 1. The number of aryl methyl sites for hydroxylation is 1. The summed E-state index contributed by atoms with van der Waals surface area (Å²) in [5, 5.41) is 14.1. The number of carbonyl (C=O) groups is 2. The van der Waals surface area contributed by atoms with Gasteiger partial charge >= 0.3 is 12.1 Å². The summed E-state index contributed by atoms with van der Waals surface area (Å²) >= 11 is 0. The zero-order valence-corrected chi connectivity index (χ0v) is 19.8. The molecule has 4 heterocycles. The SMILES string of the molecule is CCc1c2c(nc3ccc(OC(=O)N(C)CCNC)cc13)-c1cc3c(c(=O)n1C2)COC(=O)C3O. The number of carbonyl (C=O) groups excluding carboxylic acids is 2. The third kappa shape index (κ3) is 3.75. The van der Waals surface area contributed by atoms with Gasteiger partial charge in [-0.25, -0.2) is 14.6 Å². The molecule has 0 bridgehead atoms. The fraction of sp³-hybridized carbons (Fsp3) is 0.360. The van der Waals surface area contributed by atoms with E-state index in [0.717, 1.165) is 16.5 Å². The van der Waals surface area contributed by atoms with Crippen molar-refractivity contribution < 1.29 is 24.2 Å². The molecule has 1 unspecified atom stereocenters. The van der Waals surface area contributed by atoms with Gasteiger partial charge in [0, 0.05) is 36.7 Å². The molecule has 0 saturated heterocycles. The van der Waals surface area contributed by atoms with Crippen LogP contribution in [0.25, 0.3) is 22.3 Å². The van der Waals surface area contributed by atoms with E-state index in [1.807, 2.05) is 14.0 Å². The van der Waals surface area contributed by atoms with Gasteiger partial charge in [-0.1, -0.05) is 6.92 Å². The maximum absolute atomic E-state index is 13.2. The minimum atomic E-state index is -1.49. The van der Waals surface area contributed by atoms with Gasteiger partial charge in [-0.2, -0.15) is 0 Å². The number of hydrogen-bond donors (Lipinski definition) is 2. The van der Waals surface area contributed by atoms with E-state index in [0.29, 0.717) is 48.7 Å². The van der Waals surface area contributed by atoms with Crippen molar-refractivity contribution in [3.63, 3.8) is 0 Å². The first-order valence-electron chi connectivity index (χ1n) is 11.5. The Labute approximate surface area is 201 Å². The Bertz CT molecular complexity index is 1430. The Morgan fingerprint density at radius 2 is 2.11 bits per heavy atom. The van der Waals surface area contributed by atoms with E-state index in [2.05, 4.69) is 5.32 Å². The maximum atomic E-state index is 13.2. The molecule has 35 heavy (non-hydrogen) atoms. The van der Waals surface area contributed by atoms with Gasteiger partial charge < -0.3 is 29.4 Å². The molecule has 5 rings (SSSR count). The quantitative estimate of drug-likeness (QED) is 0.416. The summed E-state index contributed by atoms with van der Waals surface area (Å²) in [4.78, 5) is 43.8. The number of pyridine rings is 2. The smallest absolute Gasteiger partial charge is 0.415 e. The molecular weight excluding hydrogens is 452 g/mol. The zero-order chi connectivity index (χ0) is 24.9. The molecule has 182 valence electrons. The van der Waals surface area contributed by atoms with Gasteiger partial charge in [-0.15, -0.1) is 0 Å². The fourth-order valence-corrected chi connectivity index (χ4v) is 4.70. The van der Waals surface area contributed by atoms with E-state index in [-0.39, 0.29) is 23.3 Å². The minimum Gasteiger partial charge on any atom is -0.458 e. The molecule has 0 aliphatic carbocycles. The Balaban J connectivity index is 1.57. The molecule has 0 spiro atoms. The van der Waals surface area contributed by atoms with Crippen molar-refractivity contribution >= 4 is 23.0 Å². The molecule has 2 aromatic heterocycles. The third-order valence-electron chi connectivity index (χ3n) is 6.61. The summed E-state index contributed by atoms with van der Waals surface area (Å²) in [6.45, 7) is 3.35. The van der Waals surface area contributed by atoms with E-state index < -0.39 is 18.2 Å². The highest BCUT2D eigenvalue weighted by atomic mass is 16.6. The van der Waals surface area contributed by atoms with Gasteiger partial charge in [0.2, 0.25) is 0 Å². The number of aromatic nitrogens is 2. The molecule has 1 atom stereocenters. The topological polar surface area (TPSA) is 123 Å². The van der Waals surface area contributed by atoms with Crippen molar-refractivity contribution in [2.24, 2.45) is 0 Å². The van der Waals surface area contributed by atoms with Crippen LogP contribution in [0.1, 0.15) is 35.3 Å². The minimum absolute atomic E-state index is 0.159. The molecular formula is C25H26N4O6. The zero-order valence-electron chi connectivity index (χ0n) is 19.8. The van der Waals surface area contributed by atoms with Gasteiger partial charge in [0.25, 0.3) is 5.56 Å². The number of benzene rings is 1. The van der Waals surface area contributed by atoms with Crippen molar-refractivity contribution in [3.8, 4) is 17.1 Å². The molecule has 0 saturated carbocycles. The Morgan fingerprint density at radius 1 is 1.31 bits per heavy atom. The lowest BCUT2D eigenvalue weighted by atomic mass is 9.97. The summed E-state index contributed by atoms with van der Waals surface area (Å²) in [7, 11) is 3.49. The first kappa shape index (κ1) is 23.0. The van der Waals surface area contributed by atoms with E-state index in [9.17, 15) is 19.5 Å². The number of ether oxygens (including phenoxy) is 2. The number of fused-ring (bicyclic) bond motifs is 5. The second-order valence-electron chi connectivity index (χ2n) is 8.71. The number of cyclic esters (lactones) is 1. The molecule has 2 aliphatic heterocycles. The second-order valence-corrected chi connectivity index (χ2v) is 8.71. The maximum Gasteiger partial charge on any atom is 0.415 e. The molecule has 10 heteroatoms. The molecule has 0 fully saturated rings. The highest BCUT2D eigenvalue weighted by Gasteiger charge is 2.34. The van der Waals surface area contributed by atoms with E-state index >= 15 is 0 Å². The lowest BCUT2D eigenvalue weighted by molar-refractivity contribution is -0.157. The monoisotopic (exact) mass is 478 g/mol. The molecule has 0 radical (unpaired) electrons. The standard InChI is InChI=1S/C25H26N4O6/c1-4-14-15-9-13(35-25(33)28(3)8-7-26-2)5-6-19(15)27-21-17(14)11-29-20(21)10-16-18(23(29)31)12-34-24(32)22(16)30/h5-6,9-10,22,26,30H,4,7-8,11-12H2,1-3H3. The van der Waals surface area contributed by atoms with Crippen molar-refractivity contribution in [1.82, 2.24) is 19.8 Å². The highest BCUT2D eigenvalue weighted by Crippen LogP contribution is 2.38. The first-order valence-corrected chi connectivity index (χ1v) is 11.5. The van der Waals surface area contributed by atoms with Crippen LogP contribution in [0.15, 0.2) is 29.1 Å². The summed E-state index contributed by atoms with van der Waals surface area (Å²) in [5.41, 5.74) is 4.07. The predicted octanol–water partition coefficient (Wildman–Crippen LogP) is 1.73. The molecule has 1 amide bonds. The third-order valence-corrected chi connectivity index (χ3v) is 6.61. The van der Waals surface area contributed by atoms with Crippen LogP contribution in [-0.2, 0) is 29.1 Å². The fourth-order valence-electron chi connectivity index (χ4n) is 4.70. The van der Waals surface area contributed by atoms with Crippen LogP contribution in [0, 0.1) is 0 Å². The molecule has 3 aromatic rings. The Kier molecular flexibility index (Phi) is 5.78. The molecule has 2 aliphatic rings. The van der Waals surface area contributed by atoms with Gasteiger partial charge in [0.05, 0.1) is 29.0 Å². The summed E-state index contributed by atoms with van der Waals surface area (Å²) in [6, 6.07) is 6.96. The van der Waals surface area contributed by atoms with E-state index in [1.165, 1.54) is 4.90 Å². The average Bonchev–Trinajstić information content (AvgIpc) is 3.22. The summed E-state index contributed by atoms with van der Waals surface area (Å²) < 4.78 is 12.1. The number of hydrogen-bond acceptors (Lipinski definition) is 8. The van der Waals surface area contributed by atoms with Crippen LogP contribution in [-0.4, -0.2) is 58.8 Å². The van der Waals surface area contributed by atoms with Crippen LogP contribution in [0.2, 0.25) is 0 Å². The van der Waals surface area contributed by atoms with E-state index in [4.69, 9.17) is 14.5 Å². The first-order chi connectivity index (χ1) is 16.8. The predicted molar refractivity (Wildman–Crippen MR) is 127 cm³/mol. The summed E-state index contributed by atoms with van der Waals surface area (Å²) in [5.74, 6) is -0.350. The number of likely N-dealkylation sites (N-methyl/N-ethyl adjacent to an activating group) is 2. The molecule has 2 N–H and O–H groups in total. The Hall–Kier alpha value is -3.76. The van der Waals surface area contributed by atoms with Gasteiger partial charge in [-0.05, 0) is 43.3 Å². The van der Waals surface area contributed by atoms with Crippen molar-refractivity contribution in [3.05, 3.63) is 56.9 Å². The van der Waals surface area contributed by atoms with Crippen LogP contribution in [0.4, 0.5) is 4.79 Å². The highest BCUT2D eigenvalue weighted by molar-refractivity contribution is 5.90. The number of nitrogens with one attached hydrogen (secondary N) is 1. The Morgan fingerprint density at radius 3 is 2.86 bits per heavy atom. The van der Waals surface area contributed by atoms with Crippen molar-refractivity contribution in [1.29, 1.82) is 0 Å². The van der Waals surface area contributed by atoms with E-state index in [1.54, 1.807) is 35.9 Å². The number of nitrogens with zero attached hydrogens (tertiary/aromatic N) is 3. The van der Waals surface area contributed by atoms with Crippen molar-refractivity contribution in [2.45, 2.75) is 32.6 Å². The van der Waals surface area contributed by atoms with Gasteiger partial charge in [-0.3, -0.25) is 4.79 Å². The molecule has 10 nitrogen and oxygen atoms in total. The van der Waals surface area contributed by atoms with Crippen LogP contribution < -0.4 is 15.6 Å². The van der Waals surface area contributed by atoms with Gasteiger partial charge in [0.15, 0.2) is 6.10 Å². The molecule has 1 aromatic carbocycles. The lowest BCUT2D eigenvalue weighted by Crippen LogP contribution is -2.34. The number of rotatable bonds is 5. The van der Waals surface area contributed by atoms with Crippen LogP contribution in [0.3, 0.4) is 0 Å². The van der Waals surface area contributed by atoms with Crippen LogP contribution >= 0.6 is 0 Å². The lowest BCUT2D eigenvalue weighted by Gasteiger charge is -2.21. The normalized spacial score (nSPS) is 15.9. The largest absolute Gasteiger partial charge is 0.458 e. The van der Waals surface area contributed by atoms with Crippen molar-refractivity contribution in [2.75, 3.05) is 27.2 Å².